The van der Waals surface area contributed by atoms with Crippen LogP contribution in [-0.4, -0.2) is 54.4 Å². The summed E-state index contributed by atoms with van der Waals surface area (Å²) in [5, 5.41) is 8.67. The number of nitrogens with zero attached hydrogens (tertiary/aromatic N) is 2. The normalized spacial score (nSPS) is 18.7. The van der Waals surface area contributed by atoms with Gasteiger partial charge in [0.1, 0.15) is 11.2 Å². The molecule has 168 valence electrons. The Labute approximate surface area is 192 Å². The summed E-state index contributed by atoms with van der Waals surface area (Å²) < 4.78 is 37.1. The maximum Gasteiger partial charge on any atom is 0.387 e. The molecule has 11 heteroatoms. The maximum atomic E-state index is 13.3. The van der Waals surface area contributed by atoms with Crippen LogP contribution in [0.2, 0.25) is 5.02 Å². The smallest absolute Gasteiger partial charge is 0.387 e. The monoisotopic (exact) mass is 480 g/mol. The van der Waals surface area contributed by atoms with Gasteiger partial charge in [-0.1, -0.05) is 11.6 Å². The summed E-state index contributed by atoms with van der Waals surface area (Å²) in [5.74, 6) is -0.0869. The van der Waals surface area contributed by atoms with Crippen LogP contribution in [0.25, 0.3) is 0 Å². The third-order valence-corrected chi connectivity index (χ3v) is 6.21. The van der Waals surface area contributed by atoms with Crippen LogP contribution in [0.4, 0.5) is 8.78 Å². The van der Waals surface area contributed by atoms with Gasteiger partial charge in [-0.25, -0.2) is 0 Å². The first-order valence-corrected chi connectivity index (χ1v) is 10.8. The Morgan fingerprint density at radius 2 is 2.06 bits per heavy atom. The number of nitrogens with one attached hydrogen (secondary N) is 2. The second-order valence-electron chi connectivity index (χ2n) is 7.29. The van der Waals surface area contributed by atoms with Gasteiger partial charge in [0.15, 0.2) is 0 Å². The van der Waals surface area contributed by atoms with Crippen LogP contribution in [-0.2, 0) is 14.9 Å². The number of hydrogen-bond acceptors (Lipinski definition) is 7. The summed E-state index contributed by atoms with van der Waals surface area (Å²) in [6, 6.07) is 9.58. The molecule has 0 aliphatic carbocycles. The molecule has 2 aliphatic heterocycles. The van der Waals surface area contributed by atoms with Gasteiger partial charge in [0.25, 0.3) is 0 Å². The highest BCUT2D eigenvalue weighted by atomic mass is 35.5. The third-order valence-electron chi connectivity index (χ3n) is 5.16. The Morgan fingerprint density at radius 1 is 1.31 bits per heavy atom. The average molecular weight is 481 g/mol. The first-order valence-electron chi connectivity index (χ1n) is 9.61. The number of ether oxygens (including phenoxy) is 2. The van der Waals surface area contributed by atoms with Crippen molar-refractivity contribution in [3.8, 4) is 5.75 Å². The van der Waals surface area contributed by atoms with Crippen molar-refractivity contribution in [3.63, 3.8) is 0 Å². The number of rotatable bonds is 7. The fourth-order valence-electron chi connectivity index (χ4n) is 3.49. The molecule has 0 spiro atoms. The number of carbonyl (C=O) groups excluding carboxylic acids is 1. The molecule has 1 aromatic carbocycles. The summed E-state index contributed by atoms with van der Waals surface area (Å²) in [7, 11) is 0. The number of hydrogen-bond donors (Lipinski definition) is 2. The van der Waals surface area contributed by atoms with E-state index in [2.05, 4.69) is 14.4 Å². The number of likely N-dealkylation sites (tertiary alicyclic amines) is 1. The molecule has 0 atom stereocenters. The highest BCUT2D eigenvalue weighted by molar-refractivity contribution is 7.97. The number of amides is 1. The van der Waals surface area contributed by atoms with E-state index < -0.39 is 12.0 Å². The second-order valence-corrected chi connectivity index (χ2v) is 8.61. The minimum Gasteiger partial charge on any atom is -0.435 e. The molecule has 2 saturated heterocycles. The van der Waals surface area contributed by atoms with Crippen molar-refractivity contribution in [2.24, 2.45) is 0 Å². The summed E-state index contributed by atoms with van der Waals surface area (Å²) in [6.07, 6.45) is 3.26. The lowest BCUT2D eigenvalue weighted by Crippen LogP contribution is -2.58. The number of benzene rings is 1. The molecule has 32 heavy (non-hydrogen) atoms. The number of pyridine rings is 1. The van der Waals surface area contributed by atoms with Crippen LogP contribution >= 0.6 is 23.5 Å². The molecule has 4 rings (SSSR count). The Hall–Kier alpha value is -2.69. The van der Waals surface area contributed by atoms with Gasteiger partial charge in [-0.05, 0) is 48.3 Å². The average Bonchev–Trinajstić information content (AvgIpc) is 3.10. The lowest BCUT2D eigenvalue weighted by Gasteiger charge is -2.41. The first kappa shape index (κ1) is 22.5. The molecule has 3 heterocycles. The quantitative estimate of drug-likeness (QED) is 0.588. The number of aromatic nitrogens is 1. The molecule has 0 radical (unpaired) electrons. The molecule has 0 unspecified atom stereocenters. The largest absolute Gasteiger partial charge is 0.435 e. The fraction of sp³-hybridized carbons (Fsp3) is 0.286. The van der Waals surface area contributed by atoms with Gasteiger partial charge < -0.3 is 24.5 Å². The molecule has 0 bridgehead atoms. The van der Waals surface area contributed by atoms with E-state index in [-0.39, 0.29) is 38.0 Å². The maximum absolute atomic E-state index is 13.3. The van der Waals surface area contributed by atoms with E-state index in [1.165, 1.54) is 24.1 Å². The molecule has 7 nitrogen and oxygen atoms in total. The van der Waals surface area contributed by atoms with Crippen molar-refractivity contribution in [2.75, 3.05) is 26.3 Å². The van der Waals surface area contributed by atoms with Gasteiger partial charge in [-0.2, -0.15) is 8.78 Å². The Kier molecular flexibility index (Phi) is 6.63. The van der Waals surface area contributed by atoms with E-state index in [9.17, 15) is 13.6 Å². The molecule has 2 aromatic rings. The van der Waals surface area contributed by atoms with Crippen molar-refractivity contribution < 1.29 is 23.0 Å². The fourth-order valence-corrected chi connectivity index (χ4v) is 4.40. The van der Waals surface area contributed by atoms with Crippen molar-refractivity contribution >= 4 is 35.2 Å². The lowest BCUT2D eigenvalue weighted by atomic mass is 9.80. The minimum atomic E-state index is -2.87. The molecule has 0 saturated carbocycles. The predicted octanol–water partition coefficient (Wildman–Crippen LogP) is 3.65. The summed E-state index contributed by atoms with van der Waals surface area (Å²) in [6.45, 7) is -2.01. The number of alkyl halides is 2. The van der Waals surface area contributed by atoms with Gasteiger partial charge in [0.2, 0.25) is 5.91 Å². The molecule has 1 aromatic heterocycles. The van der Waals surface area contributed by atoms with E-state index in [1.807, 2.05) is 0 Å². The van der Waals surface area contributed by atoms with Gasteiger partial charge in [0, 0.05) is 29.4 Å². The van der Waals surface area contributed by atoms with Crippen molar-refractivity contribution in [1.82, 2.24) is 14.6 Å². The van der Waals surface area contributed by atoms with Crippen LogP contribution in [0.1, 0.15) is 5.69 Å². The molecular formula is C21H19ClF2N4O3S. The van der Waals surface area contributed by atoms with Crippen LogP contribution in [0.5, 0.6) is 5.75 Å². The predicted molar refractivity (Wildman–Crippen MR) is 116 cm³/mol. The van der Waals surface area contributed by atoms with E-state index in [0.29, 0.717) is 22.0 Å². The number of carbonyl (C=O) groups is 1. The molecule has 1 amide bonds. The molecule has 2 N–H and O–H groups in total. The second kappa shape index (κ2) is 9.43. The number of halogens is 3. The van der Waals surface area contributed by atoms with Crippen molar-refractivity contribution in [3.05, 3.63) is 65.1 Å². The topological polar surface area (TPSA) is 87.5 Å². The zero-order valence-electron chi connectivity index (χ0n) is 16.7. The van der Waals surface area contributed by atoms with Crippen molar-refractivity contribution in [1.29, 1.82) is 5.41 Å². The van der Waals surface area contributed by atoms with E-state index in [0.717, 1.165) is 4.90 Å². The summed E-state index contributed by atoms with van der Waals surface area (Å²) >= 11 is 7.54. The highest BCUT2D eigenvalue weighted by Crippen LogP contribution is 2.37. The van der Waals surface area contributed by atoms with E-state index >= 15 is 0 Å². The Balaban J connectivity index is 1.39. The van der Waals surface area contributed by atoms with Crippen LogP contribution < -0.4 is 9.46 Å². The van der Waals surface area contributed by atoms with Crippen LogP contribution in [0.3, 0.4) is 0 Å². The minimum absolute atomic E-state index is 0.0799. The zero-order chi connectivity index (χ0) is 22.7. The standard InChI is InChI=1S/C21H19ClF2N4O3S/c22-16-2-1-7-26-18(16)21(11-30-12-21)19(29)28-9-13(17(25)10-28)8-27-32-15-5-3-14(4-6-15)31-20(23)24/h1-8,20,25,27H,9-12H2/b13-8-,25-17?. The zero-order valence-corrected chi connectivity index (χ0v) is 18.3. The van der Waals surface area contributed by atoms with Gasteiger partial charge in [-0.15, -0.1) is 0 Å². The van der Waals surface area contributed by atoms with Crippen molar-refractivity contribution in [2.45, 2.75) is 16.9 Å². The first-order chi connectivity index (χ1) is 15.4. The summed E-state index contributed by atoms with van der Waals surface area (Å²) in [5.41, 5.74) is 0.564. The molecular weight excluding hydrogens is 462 g/mol. The van der Waals surface area contributed by atoms with Gasteiger partial charge in [-0.3, -0.25) is 9.78 Å². The molecule has 2 aliphatic rings. The Morgan fingerprint density at radius 3 is 2.69 bits per heavy atom. The third kappa shape index (κ3) is 4.57. The van der Waals surface area contributed by atoms with Crippen LogP contribution in [0, 0.1) is 5.41 Å². The van der Waals surface area contributed by atoms with E-state index in [4.69, 9.17) is 21.7 Å². The highest BCUT2D eigenvalue weighted by Gasteiger charge is 2.52. The Bertz CT molecular complexity index is 1050. The van der Waals surface area contributed by atoms with Crippen LogP contribution in [0.15, 0.2) is 59.3 Å². The van der Waals surface area contributed by atoms with Gasteiger partial charge >= 0.3 is 6.61 Å². The SMILES string of the molecule is N=C1CN(C(=O)C2(c3ncccc3Cl)COC2)C/C1=C/NSc1ccc(OC(F)F)cc1. The van der Waals surface area contributed by atoms with E-state index in [1.54, 1.807) is 41.6 Å². The summed E-state index contributed by atoms with van der Waals surface area (Å²) in [4.78, 5) is 20.0. The van der Waals surface area contributed by atoms with Gasteiger partial charge in [0.05, 0.1) is 36.2 Å². The lowest BCUT2D eigenvalue weighted by molar-refractivity contribution is -0.155. The molecule has 2 fully saturated rings.